The molecule has 0 saturated heterocycles. The monoisotopic (exact) mass is 348 g/mol. The van der Waals surface area contributed by atoms with Crippen LogP contribution >= 0.6 is 15.9 Å². The van der Waals surface area contributed by atoms with E-state index >= 15 is 0 Å². The van der Waals surface area contributed by atoms with Crippen LogP contribution in [-0.2, 0) is 19.6 Å². The van der Waals surface area contributed by atoms with Gasteiger partial charge in [0, 0.05) is 36.4 Å². The Bertz CT molecular complexity index is 705. The summed E-state index contributed by atoms with van der Waals surface area (Å²) < 4.78 is 0.586. The summed E-state index contributed by atoms with van der Waals surface area (Å²) in [5.41, 5.74) is 3.64. The van der Waals surface area contributed by atoms with Gasteiger partial charge < -0.3 is 10.6 Å². The van der Waals surface area contributed by atoms with Crippen LogP contribution in [0.2, 0.25) is 0 Å². The van der Waals surface area contributed by atoms with Gasteiger partial charge in [0.05, 0.1) is 4.92 Å². The van der Waals surface area contributed by atoms with Crippen molar-refractivity contribution in [3.05, 3.63) is 61.7 Å². The van der Waals surface area contributed by atoms with Gasteiger partial charge in [-0.1, -0.05) is 18.2 Å². The van der Waals surface area contributed by atoms with E-state index in [1.807, 2.05) is 6.07 Å². The summed E-state index contributed by atoms with van der Waals surface area (Å²) in [6.07, 6.45) is 1.54. The van der Waals surface area contributed by atoms with Crippen molar-refractivity contribution in [2.75, 3.05) is 5.32 Å². The van der Waals surface area contributed by atoms with Crippen LogP contribution in [0.1, 0.15) is 16.7 Å². The number of benzene rings is 1. The molecule has 2 N–H and O–H groups in total. The minimum Gasteiger partial charge on any atom is -0.360 e. The van der Waals surface area contributed by atoms with Crippen molar-refractivity contribution in [3.63, 3.8) is 0 Å². The van der Waals surface area contributed by atoms with Crippen molar-refractivity contribution in [2.45, 2.75) is 19.6 Å². The molecule has 0 atom stereocenters. The maximum Gasteiger partial charge on any atom is 0.312 e. The lowest BCUT2D eigenvalue weighted by atomic mass is 10.1. The minimum absolute atomic E-state index is 0.0350. The van der Waals surface area contributed by atoms with Gasteiger partial charge in [0.1, 0.15) is 0 Å². The molecule has 7 heteroatoms. The van der Waals surface area contributed by atoms with E-state index in [2.05, 4.69) is 43.7 Å². The molecule has 2 aromatic rings. The Balaban J connectivity index is 1.77. The van der Waals surface area contributed by atoms with E-state index in [0.29, 0.717) is 11.0 Å². The molecule has 0 spiro atoms. The number of hydrogen-bond donors (Lipinski definition) is 2. The Morgan fingerprint density at radius 2 is 2.14 bits per heavy atom. The first-order valence-corrected chi connectivity index (χ1v) is 7.28. The molecule has 6 nitrogen and oxygen atoms in total. The number of nitrogens with zero attached hydrogens (tertiary/aromatic N) is 2. The largest absolute Gasteiger partial charge is 0.360 e. The van der Waals surface area contributed by atoms with Crippen LogP contribution in [0.25, 0.3) is 0 Å². The number of nitrogens with one attached hydrogen (secondary N) is 2. The van der Waals surface area contributed by atoms with Crippen molar-refractivity contribution in [1.29, 1.82) is 0 Å². The lowest BCUT2D eigenvalue weighted by Gasteiger charge is -2.08. The zero-order valence-corrected chi connectivity index (χ0v) is 12.7. The summed E-state index contributed by atoms with van der Waals surface area (Å²) in [6.45, 7) is 2.28. The summed E-state index contributed by atoms with van der Waals surface area (Å²) in [5, 5.41) is 17.4. The van der Waals surface area contributed by atoms with E-state index in [-0.39, 0.29) is 11.5 Å². The Morgan fingerprint density at radius 3 is 2.95 bits per heavy atom. The Labute approximate surface area is 129 Å². The average Bonchev–Trinajstić information content (AvgIpc) is 2.93. The van der Waals surface area contributed by atoms with E-state index in [1.54, 1.807) is 6.20 Å². The Morgan fingerprint density at radius 1 is 1.33 bits per heavy atom. The van der Waals surface area contributed by atoms with Gasteiger partial charge in [0.25, 0.3) is 0 Å². The van der Waals surface area contributed by atoms with Crippen LogP contribution in [0.4, 0.5) is 11.5 Å². The van der Waals surface area contributed by atoms with E-state index in [9.17, 15) is 10.1 Å². The molecule has 0 amide bonds. The number of rotatable bonds is 4. The molecule has 0 saturated carbocycles. The Hall–Kier alpha value is -1.99. The second kappa shape index (κ2) is 5.79. The summed E-state index contributed by atoms with van der Waals surface area (Å²) in [6, 6.07) is 7.69. The van der Waals surface area contributed by atoms with Crippen LogP contribution in [0, 0.1) is 10.1 Å². The quantitative estimate of drug-likeness (QED) is 0.655. The fraction of sp³-hybridized carbons (Fsp3) is 0.214. The molecular weight excluding hydrogens is 336 g/mol. The zero-order valence-electron chi connectivity index (χ0n) is 11.1. The third-order valence-electron chi connectivity index (χ3n) is 3.39. The van der Waals surface area contributed by atoms with Crippen molar-refractivity contribution >= 4 is 27.4 Å². The molecule has 21 heavy (non-hydrogen) atoms. The predicted octanol–water partition coefficient (Wildman–Crippen LogP) is 2.97. The summed E-state index contributed by atoms with van der Waals surface area (Å²) in [7, 11) is 0. The predicted molar refractivity (Wildman–Crippen MR) is 82.9 cm³/mol. The second-order valence-electron chi connectivity index (χ2n) is 4.84. The maximum atomic E-state index is 11.0. The number of halogens is 1. The standard InChI is InChI=1S/C14H13BrN4O2/c15-12-4-13(19(20)21)14(18-8-12)17-5-9-1-2-10-6-16-7-11(10)3-9/h1-4,8,16H,5-7H2,(H,17,18). The first-order valence-electron chi connectivity index (χ1n) is 6.48. The van der Waals surface area contributed by atoms with E-state index < -0.39 is 4.92 Å². The number of hydrogen-bond acceptors (Lipinski definition) is 5. The number of anilines is 1. The highest BCUT2D eigenvalue weighted by molar-refractivity contribution is 9.10. The third kappa shape index (κ3) is 3.03. The van der Waals surface area contributed by atoms with Gasteiger partial charge in [-0.25, -0.2) is 4.98 Å². The lowest BCUT2D eigenvalue weighted by Crippen LogP contribution is -2.05. The van der Waals surface area contributed by atoms with E-state index in [4.69, 9.17) is 0 Å². The highest BCUT2D eigenvalue weighted by Gasteiger charge is 2.16. The molecule has 1 aromatic heterocycles. The van der Waals surface area contributed by atoms with Crippen molar-refractivity contribution in [3.8, 4) is 0 Å². The van der Waals surface area contributed by atoms with E-state index in [1.165, 1.54) is 17.2 Å². The van der Waals surface area contributed by atoms with Gasteiger partial charge in [-0.3, -0.25) is 10.1 Å². The molecular formula is C14H13BrN4O2. The number of nitro groups is 1. The van der Waals surface area contributed by atoms with Gasteiger partial charge in [-0.15, -0.1) is 0 Å². The van der Waals surface area contributed by atoms with Gasteiger partial charge >= 0.3 is 5.69 Å². The summed E-state index contributed by atoms with van der Waals surface area (Å²) in [5.74, 6) is 0.279. The van der Waals surface area contributed by atoms with Crippen LogP contribution < -0.4 is 10.6 Å². The topological polar surface area (TPSA) is 80.1 Å². The molecule has 1 aromatic carbocycles. The molecule has 2 heterocycles. The zero-order chi connectivity index (χ0) is 14.8. The molecule has 0 bridgehead atoms. The van der Waals surface area contributed by atoms with E-state index in [0.717, 1.165) is 18.7 Å². The van der Waals surface area contributed by atoms with Crippen molar-refractivity contribution in [1.82, 2.24) is 10.3 Å². The molecule has 0 fully saturated rings. The normalized spacial score (nSPS) is 13.0. The first-order chi connectivity index (χ1) is 10.1. The average molecular weight is 349 g/mol. The Kier molecular flexibility index (Phi) is 3.85. The van der Waals surface area contributed by atoms with Gasteiger partial charge in [-0.2, -0.15) is 0 Å². The smallest absolute Gasteiger partial charge is 0.312 e. The number of aromatic nitrogens is 1. The van der Waals surface area contributed by atoms with Crippen LogP contribution in [0.15, 0.2) is 34.9 Å². The fourth-order valence-corrected chi connectivity index (χ4v) is 2.67. The van der Waals surface area contributed by atoms with Crippen molar-refractivity contribution in [2.24, 2.45) is 0 Å². The lowest BCUT2D eigenvalue weighted by molar-refractivity contribution is -0.384. The van der Waals surface area contributed by atoms with Gasteiger partial charge in [-0.05, 0) is 32.6 Å². The molecule has 3 rings (SSSR count). The van der Waals surface area contributed by atoms with Crippen LogP contribution in [0.3, 0.4) is 0 Å². The first kappa shape index (κ1) is 14.0. The molecule has 1 aliphatic rings. The SMILES string of the molecule is O=[N+]([O-])c1cc(Br)cnc1NCc1ccc2c(c1)CNC2. The van der Waals surface area contributed by atoms with Crippen LogP contribution in [-0.4, -0.2) is 9.91 Å². The van der Waals surface area contributed by atoms with Crippen molar-refractivity contribution < 1.29 is 4.92 Å². The molecule has 0 radical (unpaired) electrons. The maximum absolute atomic E-state index is 11.0. The third-order valence-corrected chi connectivity index (χ3v) is 3.83. The second-order valence-corrected chi connectivity index (χ2v) is 5.75. The molecule has 0 unspecified atom stereocenters. The van der Waals surface area contributed by atoms with Gasteiger partial charge in [0.2, 0.25) is 5.82 Å². The summed E-state index contributed by atoms with van der Waals surface area (Å²) >= 11 is 3.19. The summed E-state index contributed by atoms with van der Waals surface area (Å²) in [4.78, 5) is 14.7. The fourth-order valence-electron chi connectivity index (χ4n) is 2.35. The van der Waals surface area contributed by atoms with Crippen LogP contribution in [0.5, 0.6) is 0 Å². The minimum atomic E-state index is -0.438. The molecule has 0 aliphatic carbocycles. The number of fused-ring (bicyclic) bond motifs is 1. The highest BCUT2D eigenvalue weighted by atomic mass is 79.9. The molecule has 108 valence electrons. The van der Waals surface area contributed by atoms with Gasteiger partial charge in [0.15, 0.2) is 0 Å². The highest BCUT2D eigenvalue weighted by Crippen LogP contribution is 2.26. The molecule has 1 aliphatic heterocycles. The number of pyridine rings is 1.